The van der Waals surface area contributed by atoms with Crippen LogP contribution in [0.15, 0.2) is 47.7 Å². The molecule has 3 aromatic heterocycles. The third-order valence-corrected chi connectivity index (χ3v) is 5.19. The molecule has 0 bridgehead atoms. The third-order valence-electron chi connectivity index (χ3n) is 5.19. The van der Waals surface area contributed by atoms with E-state index in [0.717, 1.165) is 23.2 Å². The van der Waals surface area contributed by atoms with Crippen molar-refractivity contribution in [1.82, 2.24) is 19.5 Å². The Hall–Kier alpha value is -3.02. The van der Waals surface area contributed by atoms with Gasteiger partial charge in [0.05, 0.1) is 12.2 Å². The molecule has 0 amide bonds. The van der Waals surface area contributed by atoms with Crippen molar-refractivity contribution in [3.05, 3.63) is 70.3 Å². The third kappa shape index (κ3) is 3.81. The van der Waals surface area contributed by atoms with Gasteiger partial charge in [0, 0.05) is 48.7 Å². The van der Waals surface area contributed by atoms with Gasteiger partial charge < -0.3 is 9.30 Å². The minimum atomic E-state index is -0.0424. The molecule has 0 spiro atoms. The van der Waals surface area contributed by atoms with Gasteiger partial charge in [0.1, 0.15) is 5.82 Å². The molecule has 6 nitrogen and oxygen atoms in total. The lowest BCUT2D eigenvalue weighted by Crippen LogP contribution is -2.17. The Morgan fingerprint density at radius 1 is 1.18 bits per heavy atom. The van der Waals surface area contributed by atoms with E-state index in [9.17, 15) is 4.79 Å². The Labute approximate surface area is 164 Å². The molecule has 2 unspecified atom stereocenters. The molecule has 0 aliphatic heterocycles. The molecule has 0 aromatic carbocycles. The number of aryl methyl sites for hydroxylation is 3. The Morgan fingerprint density at radius 3 is 2.75 bits per heavy atom. The van der Waals surface area contributed by atoms with Gasteiger partial charge in [-0.3, -0.25) is 9.78 Å². The van der Waals surface area contributed by atoms with Crippen LogP contribution in [0.4, 0.5) is 0 Å². The van der Waals surface area contributed by atoms with Crippen LogP contribution in [0.5, 0.6) is 5.88 Å². The monoisotopic (exact) mass is 376 g/mol. The van der Waals surface area contributed by atoms with Crippen molar-refractivity contribution in [2.75, 3.05) is 6.61 Å². The molecule has 144 valence electrons. The second kappa shape index (κ2) is 7.54. The summed E-state index contributed by atoms with van der Waals surface area (Å²) in [6.45, 7) is 7.04. The molecule has 6 heteroatoms. The normalized spacial score (nSPS) is 18.1. The quantitative estimate of drug-likeness (QED) is 0.658. The average molecular weight is 376 g/mol. The van der Waals surface area contributed by atoms with E-state index in [1.54, 1.807) is 23.0 Å². The fourth-order valence-corrected chi connectivity index (χ4v) is 3.37. The van der Waals surface area contributed by atoms with Gasteiger partial charge in [0.25, 0.3) is 5.56 Å². The van der Waals surface area contributed by atoms with Gasteiger partial charge in [0.15, 0.2) is 0 Å². The van der Waals surface area contributed by atoms with Crippen molar-refractivity contribution in [3.63, 3.8) is 0 Å². The molecule has 0 N–H and O–H groups in total. The van der Waals surface area contributed by atoms with Gasteiger partial charge in [-0.25, -0.2) is 4.98 Å². The van der Waals surface area contributed by atoms with Crippen LogP contribution in [-0.4, -0.2) is 26.1 Å². The van der Waals surface area contributed by atoms with Crippen molar-refractivity contribution < 1.29 is 4.74 Å². The van der Waals surface area contributed by atoms with Crippen LogP contribution in [0, 0.1) is 19.8 Å². The predicted octanol–water partition coefficient (Wildman–Crippen LogP) is 3.52. The molecule has 1 aliphatic carbocycles. The van der Waals surface area contributed by atoms with Crippen LogP contribution < -0.4 is 10.3 Å². The summed E-state index contributed by atoms with van der Waals surface area (Å²) in [7, 11) is 0. The summed E-state index contributed by atoms with van der Waals surface area (Å²) in [4.78, 5) is 25.5. The second-order valence-electron chi connectivity index (χ2n) is 7.35. The largest absolute Gasteiger partial charge is 0.477 e. The Balaban J connectivity index is 1.51. The van der Waals surface area contributed by atoms with E-state index < -0.39 is 0 Å². The molecular formula is C22H24N4O2. The Bertz CT molecular complexity index is 1040. The lowest BCUT2D eigenvalue weighted by Gasteiger charge is -2.11. The zero-order chi connectivity index (χ0) is 19.7. The van der Waals surface area contributed by atoms with E-state index >= 15 is 0 Å². The maximum atomic E-state index is 12.2. The van der Waals surface area contributed by atoms with Crippen molar-refractivity contribution in [2.45, 2.75) is 39.7 Å². The van der Waals surface area contributed by atoms with Gasteiger partial charge in [-0.05, 0) is 50.5 Å². The van der Waals surface area contributed by atoms with E-state index in [2.05, 4.69) is 27.1 Å². The van der Waals surface area contributed by atoms with Crippen molar-refractivity contribution >= 4 is 0 Å². The summed E-state index contributed by atoms with van der Waals surface area (Å²) in [5.41, 5.74) is 3.78. The highest BCUT2D eigenvalue weighted by Crippen LogP contribution is 2.47. The second-order valence-corrected chi connectivity index (χ2v) is 7.35. The average Bonchev–Trinajstić information content (AvgIpc) is 3.46. The smallest absolute Gasteiger partial charge is 0.251 e. The summed E-state index contributed by atoms with van der Waals surface area (Å²) >= 11 is 0. The highest BCUT2D eigenvalue weighted by atomic mass is 16.5. The van der Waals surface area contributed by atoms with Gasteiger partial charge >= 0.3 is 0 Å². The van der Waals surface area contributed by atoms with Gasteiger partial charge in [-0.1, -0.05) is 6.07 Å². The van der Waals surface area contributed by atoms with Crippen molar-refractivity contribution in [3.8, 4) is 17.0 Å². The van der Waals surface area contributed by atoms with E-state index in [1.807, 2.05) is 33.0 Å². The van der Waals surface area contributed by atoms with Gasteiger partial charge in [-0.2, -0.15) is 4.98 Å². The van der Waals surface area contributed by atoms with E-state index in [-0.39, 0.29) is 5.56 Å². The van der Waals surface area contributed by atoms with Crippen LogP contribution >= 0.6 is 0 Å². The number of ether oxygens (including phenoxy) is 1. The molecule has 3 heterocycles. The van der Waals surface area contributed by atoms with Crippen LogP contribution in [0.2, 0.25) is 0 Å². The molecule has 2 atom stereocenters. The first-order chi connectivity index (χ1) is 13.5. The molecule has 1 saturated carbocycles. The first-order valence-electron chi connectivity index (χ1n) is 9.65. The maximum absolute atomic E-state index is 12.2. The minimum Gasteiger partial charge on any atom is -0.477 e. The zero-order valence-corrected chi connectivity index (χ0v) is 16.4. The summed E-state index contributed by atoms with van der Waals surface area (Å²) in [5.74, 6) is 2.06. The highest BCUT2D eigenvalue weighted by Gasteiger charge is 2.40. The summed E-state index contributed by atoms with van der Waals surface area (Å²) in [5, 5.41) is 0. The van der Waals surface area contributed by atoms with Crippen molar-refractivity contribution in [1.29, 1.82) is 0 Å². The van der Waals surface area contributed by atoms with Gasteiger partial charge in [-0.15, -0.1) is 0 Å². The molecular weight excluding hydrogens is 352 g/mol. The standard InChI is InChI=1S/C22H24N4O2/c1-4-26-8-7-16(10-21(26)27)19-12-23-15(3)25-22(19)28-13-17-9-18(17)20-6-5-14(2)11-24-20/h5-8,10-12,17-18H,4,9,13H2,1-3H3. The van der Waals surface area contributed by atoms with Crippen LogP contribution in [-0.2, 0) is 6.54 Å². The van der Waals surface area contributed by atoms with Gasteiger partial charge in [0.2, 0.25) is 5.88 Å². The number of pyridine rings is 2. The van der Waals surface area contributed by atoms with E-state index in [1.165, 1.54) is 5.56 Å². The number of rotatable bonds is 6. The van der Waals surface area contributed by atoms with E-state index in [0.29, 0.717) is 36.7 Å². The molecule has 1 aliphatic rings. The van der Waals surface area contributed by atoms with E-state index in [4.69, 9.17) is 4.74 Å². The minimum absolute atomic E-state index is 0.0424. The summed E-state index contributed by atoms with van der Waals surface area (Å²) in [6, 6.07) is 7.72. The first kappa shape index (κ1) is 18.3. The molecule has 0 radical (unpaired) electrons. The van der Waals surface area contributed by atoms with Crippen LogP contribution in [0.25, 0.3) is 11.1 Å². The Morgan fingerprint density at radius 2 is 2.04 bits per heavy atom. The number of hydrogen-bond donors (Lipinski definition) is 0. The maximum Gasteiger partial charge on any atom is 0.251 e. The topological polar surface area (TPSA) is 69.9 Å². The summed E-state index contributed by atoms with van der Waals surface area (Å²) in [6.07, 6.45) is 6.51. The van der Waals surface area contributed by atoms with Crippen LogP contribution in [0.1, 0.15) is 36.3 Å². The number of hydrogen-bond acceptors (Lipinski definition) is 5. The highest BCUT2D eigenvalue weighted by molar-refractivity contribution is 5.67. The zero-order valence-electron chi connectivity index (χ0n) is 16.4. The Kier molecular flexibility index (Phi) is 4.94. The molecule has 3 aromatic rings. The molecule has 0 saturated heterocycles. The lowest BCUT2D eigenvalue weighted by atomic mass is 10.1. The SMILES string of the molecule is CCn1ccc(-c2cnc(C)nc2OCC2CC2c2ccc(C)cn2)cc1=O. The lowest BCUT2D eigenvalue weighted by molar-refractivity contribution is 0.285. The molecule has 28 heavy (non-hydrogen) atoms. The number of aromatic nitrogens is 4. The summed E-state index contributed by atoms with van der Waals surface area (Å²) < 4.78 is 7.74. The number of nitrogens with zero attached hydrogens (tertiary/aromatic N) is 4. The fourth-order valence-electron chi connectivity index (χ4n) is 3.37. The predicted molar refractivity (Wildman–Crippen MR) is 107 cm³/mol. The van der Waals surface area contributed by atoms with Crippen LogP contribution in [0.3, 0.4) is 0 Å². The van der Waals surface area contributed by atoms with Crippen molar-refractivity contribution in [2.24, 2.45) is 5.92 Å². The first-order valence-corrected chi connectivity index (χ1v) is 9.65. The molecule has 1 fully saturated rings. The fraction of sp³-hybridized carbons (Fsp3) is 0.364. The molecule has 4 rings (SSSR count).